The Bertz CT molecular complexity index is 860. The number of pyridine rings is 1. The number of thiazole rings is 1. The Kier molecular flexibility index (Phi) is 5.20. The van der Waals surface area contributed by atoms with E-state index < -0.39 is 0 Å². The van der Waals surface area contributed by atoms with E-state index in [1.165, 1.54) is 24.6 Å². The first-order valence-corrected chi connectivity index (χ1v) is 8.54. The Morgan fingerprint density at radius 1 is 1.28 bits per heavy atom. The molecule has 6 heteroatoms. The number of methoxy groups -OCH3 is 1. The van der Waals surface area contributed by atoms with Crippen molar-refractivity contribution in [3.63, 3.8) is 0 Å². The van der Waals surface area contributed by atoms with Crippen LogP contribution in [-0.4, -0.2) is 29.5 Å². The van der Waals surface area contributed by atoms with E-state index in [0.29, 0.717) is 23.1 Å². The number of ether oxygens (including phenoxy) is 1. The van der Waals surface area contributed by atoms with E-state index in [1.807, 2.05) is 35.7 Å². The van der Waals surface area contributed by atoms with Crippen LogP contribution < -0.4 is 9.64 Å². The van der Waals surface area contributed by atoms with Crippen molar-refractivity contribution in [1.82, 2.24) is 9.97 Å². The highest BCUT2D eigenvalue weighted by molar-refractivity contribution is 7.14. The van der Waals surface area contributed by atoms with Gasteiger partial charge < -0.3 is 4.74 Å². The van der Waals surface area contributed by atoms with Crippen LogP contribution in [0.25, 0.3) is 11.3 Å². The monoisotopic (exact) mass is 351 g/mol. The van der Waals surface area contributed by atoms with Crippen LogP contribution in [0.2, 0.25) is 0 Å². The average molecular weight is 351 g/mol. The van der Waals surface area contributed by atoms with Crippen LogP contribution in [0, 0.1) is 0 Å². The van der Waals surface area contributed by atoms with Gasteiger partial charge in [0.05, 0.1) is 18.4 Å². The van der Waals surface area contributed by atoms with E-state index >= 15 is 0 Å². The highest BCUT2D eigenvalue weighted by atomic mass is 32.1. The maximum absolute atomic E-state index is 12.8. The topological polar surface area (TPSA) is 55.3 Å². The van der Waals surface area contributed by atoms with E-state index in [-0.39, 0.29) is 5.91 Å². The Morgan fingerprint density at radius 2 is 2.08 bits per heavy atom. The number of carbonyl (C=O) groups excluding carboxylic acids is 1. The number of amides is 1. The molecule has 0 aliphatic heterocycles. The average Bonchev–Trinajstić information content (AvgIpc) is 3.16. The van der Waals surface area contributed by atoms with Crippen LogP contribution >= 0.6 is 11.3 Å². The molecule has 0 unspecified atom stereocenters. The summed E-state index contributed by atoms with van der Waals surface area (Å²) in [6.45, 7) is 4.11. The van der Waals surface area contributed by atoms with Gasteiger partial charge >= 0.3 is 0 Å². The van der Waals surface area contributed by atoms with Crippen molar-refractivity contribution in [2.45, 2.75) is 0 Å². The molecule has 0 aliphatic carbocycles. The number of benzene rings is 1. The maximum atomic E-state index is 12.8. The molecule has 126 valence electrons. The molecule has 0 saturated heterocycles. The summed E-state index contributed by atoms with van der Waals surface area (Å²) in [5.74, 6) is 0.288. The third kappa shape index (κ3) is 3.75. The maximum Gasteiger partial charge on any atom is 0.261 e. The molecule has 2 aromatic heterocycles. The second-order valence-electron chi connectivity index (χ2n) is 5.18. The fraction of sp³-hybridized carbons (Fsp3) is 0.105. The highest BCUT2D eigenvalue weighted by Gasteiger charge is 2.20. The van der Waals surface area contributed by atoms with Crippen LogP contribution in [0.15, 0.2) is 66.7 Å². The Balaban J connectivity index is 1.89. The van der Waals surface area contributed by atoms with Crippen LogP contribution in [0.3, 0.4) is 0 Å². The van der Waals surface area contributed by atoms with E-state index in [2.05, 4.69) is 16.5 Å². The van der Waals surface area contributed by atoms with E-state index in [0.717, 1.165) is 11.3 Å². The number of carbonyl (C=O) groups is 1. The summed E-state index contributed by atoms with van der Waals surface area (Å²) < 4.78 is 5.03. The van der Waals surface area contributed by atoms with Gasteiger partial charge in [-0.2, -0.15) is 0 Å². The summed E-state index contributed by atoms with van der Waals surface area (Å²) in [5.41, 5.74) is 2.33. The molecule has 0 saturated carbocycles. The lowest BCUT2D eigenvalue weighted by atomic mass is 10.2. The summed E-state index contributed by atoms with van der Waals surface area (Å²) in [6, 6.07) is 13.2. The van der Waals surface area contributed by atoms with Crippen molar-refractivity contribution >= 4 is 22.4 Å². The number of rotatable bonds is 6. The van der Waals surface area contributed by atoms with Gasteiger partial charge in [-0.25, -0.2) is 9.97 Å². The third-order valence-electron chi connectivity index (χ3n) is 3.54. The molecule has 2 heterocycles. The zero-order valence-corrected chi connectivity index (χ0v) is 14.6. The quantitative estimate of drug-likeness (QED) is 0.629. The van der Waals surface area contributed by atoms with Gasteiger partial charge in [0.2, 0.25) is 5.88 Å². The summed E-state index contributed by atoms with van der Waals surface area (Å²) in [7, 11) is 1.54. The lowest BCUT2D eigenvalue weighted by molar-refractivity contribution is 0.0989. The molecular weight excluding hydrogens is 334 g/mol. The molecule has 5 nitrogen and oxygen atoms in total. The molecule has 3 aromatic rings. The van der Waals surface area contributed by atoms with E-state index in [9.17, 15) is 4.79 Å². The standard InChI is InChI=1S/C19H17N3O2S/c1-3-11-22(18(23)15-9-10-17(24-2)20-12-15)19-21-16(13-25-19)14-7-5-4-6-8-14/h3-10,12-13H,1,11H2,2H3. The fourth-order valence-electron chi connectivity index (χ4n) is 2.29. The van der Waals surface area contributed by atoms with Crippen molar-refractivity contribution < 1.29 is 9.53 Å². The molecule has 0 aliphatic rings. The Morgan fingerprint density at radius 3 is 2.72 bits per heavy atom. The summed E-state index contributed by atoms with van der Waals surface area (Å²) >= 11 is 1.42. The van der Waals surface area contributed by atoms with Gasteiger partial charge in [0.1, 0.15) is 0 Å². The zero-order chi connectivity index (χ0) is 17.6. The molecule has 0 N–H and O–H groups in total. The second-order valence-corrected chi connectivity index (χ2v) is 6.01. The molecular formula is C19H17N3O2S. The first kappa shape index (κ1) is 16.9. The molecule has 1 aromatic carbocycles. The number of hydrogen-bond donors (Lipinski definition) is 0. The van der Waals surface area contributed by atoms with Crippen LogP contribution in [-0.2, 0) is 0 Å². The normalized spacial score (nSPS) is 10.3. The van der Waals surface area contributed by atoms with Crippen LogP contribution in [0.5, 0.6) is 5.88 Å². The summed E-state index contributed by atoms with van der Waals surface area (Å²) in [6.07, 6.45) is 3.18. The van der Waals surface area contributed by atoms with Gasteiger partial charge in [0.25, 0.3) is 5.91 Å². The Labute approximate surface area is 150 Å². The molecule has 3 rings (SSSR count). The molecule has 0 atom stereocenters. The second kappa shape index (κ2) is 7.72. The fourth-order valence-corrected chi connectivity index (χ4v) is 3.13. The predicted molar refractivity (Wildman–Crippen MR) is 100 cm³/mol. The summed E-state index contributed by atoms with van der Waals surface area (Å²) in [4.78, 5) is 23.1. The van der Waals surface area contributed by atoms with Crippen molar-refractivity contribution in [1.29, 1.82) is 0 Å². The minimum atomic E-state index is -0.177. The van der Waals surface area contributed by atoms with Gasteiger partial charge in [0.15, 0.2) is 5.13 Å². The molecule has 1 amide bonds. The minimum Gasteiger partial charge on any atom is -0.481 e. The molecule has 0 fully saturated rings. The van der Waals surface area contributed by atoms with Crippen LogP contribution in [0.1, 0.15) is 10.4 Å². The largest absolute Gasteiger partial charge is 0.481 e. The summed E-state index contributed by atoms with van der Waals surface area (Å²) in [5, 5.41) is 2.57. The number of nitrogens with zero attached hydrogens (tertiary/aromatic N) is 3. The van der Waals surface area contributed by atoms with Gasteiger partial charge in [-0.1, -0.05) is 36.4 Å². The molecule has 0 spiro atoms. The SMILES string of the molecule is C=CCN(C(=O)c1ccc(OC)nc1)c1nc(-c2ccccc2)cs1. The van der Waals surface area contributed by atoms with Gasteiger partial charge in [-0.05, 0) is 6.07 Å². The van der Waals surface area contributed by atoms with Gasteiger partial charge in [-0.3, -0.25) is 9.69 Å². The number of hydrogen-bond acceptors (Lipinski definition) is 5. The molecule has 0 bridgehead atoms. The zero-order valence-electron chi connectivity index (χ0n) is 13.8. The minimum absolute atomic E-state index is 0.177. The number of aromatic nitrogens is 2. The third-order valence-corrected chi connectivity index (χ3v) is 4.41. The lowest BCUT2D eigenvalue weighted by Gasteiger charge is -2.18. The van der Waals surface area contributed by atoms with Gasteiger partial charge in [0, 0.05) is 29.8 Å². The smallest absolute Gasteiger partial charge is 0.261 e. The van der Waals surface area contributed by atoms with Crippen molar-refractivity contribution in [3.8, 4) is 17.1 Å². The van der Waals surface area contributed by atoms with Gasteiger partial charge in [-0.15, -0.1) is 17.9 Å². The first-order valence-electron chi connectivity index (χ1n) is 7.66. The van der Waals surface area contributed by atoms with E-state index in [4.69, 9.17) is 4.74 Å². The molecule has 25 heavy (non-hydrogen) atoms. The first-order chi connectivity index (χ1) is 12.2. The number of anilines is 1. The van der Waals surface area contributed by atoms with Crippen molar-refractivity contribution in [2.75, 3.05) is 18.6 Å². The Hall–Kier alpha value is -2.99. The van der Waals surface area contributed by atoms with Crippen molar-refractivity contribution in [2.24, 2.45) is 0 Å². The van der Waals surface area contributed by atoms with E-state index in [1.54, 1.807) is 23.1 Å². The predicted octanol–water partition coefficient (Wildman–Crippen LogP) is 4.05. The lowest BCUT2D eigenvalue weighted by Crippen LogP contribution is -2.31. The van der Waals surface area contributed by atoms with Crippen LogP contribution in [0.4, 0.5) is 5.13 Å². The van der Waals surface area contributed by atoms with Crippen molar-refractivity contribution in [3.05, 3.63) is 72.3 Å². The highest BCUT2D eigenvalue weighted by Crippen LogP contribution is 2.28. The molecule has 0 radical (unpaired) electrons.